The lowest BCUT2D eigenvalue weighted by Gasteiger charge is -2.03. The van der Waals surface area contributed by atoms with Gasteiger partial charge in [-0.3, -0.25) is 0 Å². The second kappa shape index (κ2) is 4.48. The lowest BCUT2D eigenvalue weighted by Crippen LogP contribution is -1.92. The van der Waals surface area contributed by atoms with Crippen molar-refractivity contribution in [3.63, 3.8) is 0 Å². The van der Waals surface area contributed by atoms with E-state index < -0.39 is 5.82 Å². The van der Waals surface area contributed by atoms with Crippen molar-refractivity contribution >= 4 is 11.6 Å². The zero-order valence-corrected chi connectivity index (χ0v) is 9.66. The van der Waals surface area contributed by atoms with Crippen LogP contribution >= 0.6 is 11.6 Å². The van der Waals surface area contributed by atoms with E-state index in [2.05, 4.69) is 9.97 Å². The standard InChI is InChI=1S/C12H7ClFN3/c1-7-2-11(17-12(13)16-7)9-3-8(6-15)4-10(14)5-9/h2-5H,1H3. The van der Waals surface area contributed by atoms with Crippen LogP contribution in [-0.2, 0) is 0 Å². The number of aryl methyl sites for hydroxylation is 1. The molecule has 0 aliphatic rings. The van der Waals surface area contributed by atoms with Crippen molar-refractivity contribution in [1.82, 2.24) is 9.97 Å². The molecule has 1 aromatic heterocycles. The number of benzene rings is 1. The minimum absolute atomic E-state index is 0.0998. The fraction of sp³-hybridized carbons (Fsp3) is 0.0833. The van der Waals surface area contributed by atoms with Crippen molar-refractivity contribution in [3.8, 4) is 17.3 Å². The summed E-state index contributed by atoms with van der Waals surface area (Å²) < 4.78 is 13.3. The predicted octanol–water partition coefficient (Wildman–Crippen LogP) is 3.12. The third kappa shape index (κ3) is 2.58. The molecule has 5 heteroatoms. The van der Waals surface area contributed by atoms with Gasteiger partial charge in [-0.25, -0.2) is 14.4 Å². The summed E-state index contributed by atoms with van der Waals surface area (Å²) in [5, 5.41) is 8.87. The maximum Gasteiger partial charge on any atom is 0.223 e. The number of nitriles is 1. The van der Waals surface area contributed by atoms with Gasteiger partial charge in [-0.05, 0) is 42.8 Å². The summed E-state index contributed by atoms with van der Waals surface area (Å²) in [5.41, 5.74) is 1.93. The zero-order chi connectivity index (χ0) is 12.4. The molecule has 0 radical (unpaired) electrons. The fourth-order valence-electron chi connectivity index (χ4n) is 1.48. The molecule has 0 N–H and O–H groups in total. The zero-order valence-electron chi connectivity index (χ0n) is 8.91. The Balaban J connectivity index is 2.60. The van der Waals surface area contributed by atoms with Crippen molar-refractivity contribution in [2.45, 2.75) is 6.92 Å². The summed E-state index contributed by atoms with van der Waals surface area (Å²) in [5.74, 6) is -0.480. The summed E-state index contributed by atoms with van der Waals surface area (Å²) >= 11 is 5.73. The summed E-state index contributed by atoms with van der Waals surface area (Å²) in [4.78, 5) is 7.92. The Bertz CT molecular complexity index is 599. The van der Waals surface area contributed by atoms with Crippen molar-refractivity contribution in [2.24, 2.45) is 0 Å². The number of hydrogen-bond donors (Lipinski definition) is 0. The number of halogens is 2. The molecule has 0 unspecified atom stereocenters. The highest BCUT2D eigenvalue weighted by atomic mass is 35.5. The Labute approximate surface area is 103 Å². The Morgan fingerprint density at radius 2 is 2.00 bits per heavy atom. The van der Waals surface area contributed by atoms with Crippen molar-refractivity contribution in [1.29, 1.82) is 5.26 Å². The average molecular weight is 248 g/mol. The minimum atomic E-state index is -0.480. The van der Waals surface area contributed by atoms with Crippen LogP contribution in [0.15, 0.2) is 24.3 Å². The fourth-order valence-corrected chi connectivity index (χ4v) is 1.71. The van der Waals surface area contributed by atoms with Gasteiger partial charge in [-0.1, -0.05) is 0 Å². The van der Waals surface area contributed by atoms with E-state index in [1.54, 1.807) is 19.1 Å². The van der Waals surface area contributed by atoms with Gasteiger partial charge in [0, 0.05) is 11.3 Å². The smallest absolute Gasteiger partial charge is 0.223 e. The minimum Gasteiger partial charge on any atom is -0.223 e. The van der Waals surface area contributed by atoms with E-state index >= 15 is 0 Å². The SMILES string of the molecule is Cc1cc(-c2cc(F)cc(C#N)c2)nc(Cl)n1. The molecular weight excluding hydrogens is 241 g/mol. The molecule has 0 aliphatic carbocycles. The molecule has 0 spiro atoms. The third-order valence-corrected chi connectivity index (χ3v) is 2.32. The highest BCUT2D eigenvalue weighted by Crippen LogP contribution is 2.21. The summed E-state index contributed by atoms with van der Waals surface area (Å²) in [6.45, 7) is 1.77. The van der Waals surface area contributed by atoms with Gasteiger partial charge in [0.05, 0.1) is 17.3 Å². The molecule has 84 valence electrons. The summed E-state index contributed by atoms with van der Waals surface area (Å²) in [7, 11) is 0. The molecule has 0 aliphatic heterocycles. The third-order valence-electron chi connectivity index (χ3n) is 2.15. The van der Waals surface area contributed by atoms with Crippen molar-refractivity contribution in [3.05, 3.63) is 46.6 Å². The van der Waals surface area contributed by atoms with Gasteiger partial charge in [0.25, 0.3) is 0 Å². The van der Waals surface area contributed by atoms with E-state index in [0.717, 1.165) is 0 Å². The summed E-state index contributed by atoms with van der Waals surface area (Å²) in [6.07, 6.45) is 0. The van der Waals surface area contributed by atoms with Gasteiger partial charge < -0.3 is 0 Å². The molecule has 1 heterocycles. The quantitative estimate of drug-likeness (QED) is 0.728. The number of hydrogen-bond acceptors (Lipinski definition) is 3. The second-order valence-electron chi connectivity index (χ2n) is 3.50. The van der Waals surface area contributed by atoms with Gasteiger partial charge in [0.15, 0.2) is 0 Å². The van der Waals surface area contributed by atoms with Crippen LogP contribution in [0.1, 0.15) is 11.3 Å². The molecule has 0 fully saturated rings. The molecule has 0 saturated heterocycles. The van der Waals surface area contributed by atoms with Crippen LogP contribution in [0.5, 0.6) is 0 Å². The van der Waals surface area contributed by atoms with Gasteiger partial charge in [0.2, 0.25) is 5.28 Å². The first-order chi connectivity index (χ1) is 8.08. The molecule has 0 amide bonds. The van der Waals surface area contributed by atoms with E-state index in [9.17, 15) is 4.39 Å². The highest BCUT2D eigenvalue weighted by Gasteiger charge is 2.06. The highest BCUT2D eigenvalue weighted by molar-refractivity contribution is 6.28. The van der Waals surface area contributed by atoms with Gasteiger partial charge >= 0.3 is 0 Å². The van der Waals surface area contributed by atoms with Crippen LogP contribution in [-0.4, -0.2) is 9.97 Å². The first kappa shape index (κ1) is 11.5. The molecule has 1 aromatic carbocycles. The monoisotopic (exact) mass is 247 g/mol. The van der Waals surface area contributed by atoms with Crippen LogP contribution in [0.3, 0.4) is 0 Å². The number of aromatic nitrogens is 2. The number of nitrogens with zero attached hydrogens (tertiary/aromatic N) is 3. The van der Waals surface area contributed by atoms with Crippen LogP contribution < -0.4 is 0 Å². The van der Waals surface area contributed by atoms with Crippen LogP contribution in [0.25, 0.3) is 11.3 Å². The Hall–Kier alpha value is -1.99. The first-order valence-corrected chi connectivity index (χ1v) is 5.18. The van der Waals surface area contributed by atoms with Gasteiger partial charge in [0.1, 0.15) is 5.82 Å². The topological polar surface area (TPSA) is 49.6 Å². The Kier molecular flexibility index (Phi) is 3.03. The van der Waals surface area contributed by atoms with Gasteiger partial charge in [-0.15, -0.1) is 0 Å². The van der Waals surface area contributed by atoms with E-state index in [4.69, 9.17) is 16.9 Å². The average Bonchev–Trinajstić information content (AvgIpc) is 2.26. The molecule has 0 saturated carbocycles. The predicted molar refractivity (Wildman–Crippen MR) is 61.9 cm³/mol. The van der Waals surface area contributed by atoms with E-state index in [-0.39, 0.29) is 10.8 Å². The van der Waals surface area contributed by atoms with Crippen molar-refractivity contribution in [2.75, 3.05) is 0 Å². The second-order valence-corrected chi connectivity index (χ2v) is 3.84. The molecule has 2 aromatic rings. The Morgan fingerprint density at radius 1 is 1.24 bits per heavy atom. The number of rotatable bonds is 1. The first-order valence-electron chi connectivity index (χ1n) is 4.81. The molecule has 0 bridgehead atoms. The lowest BCUT2D eigenvalue weighted by molar-refractivity contribution is 0.628. The molecular formula is C12H7ClFN3. The molecule has 0 atom stereocenters. The maximum atomic E-state index is 13.3. The Morgan fingerprint density at radius 3 is 2.65 bits per heavy atom. The van der Waals surface area contributed by atoms with Crippen LogP contribution in [0.2, 0.25) is 5.28 Å². The lowest BCUT2D eigenvalue weighted by atomic mass is 10.1. The maximum absolute atomic E-state index is 13.3. The summed E-state index contributed by atoms with van der Waals surface area (Å²) in [6, 6.07) is 7.60. The van der Waals surface area contributed by atoms with Crippen molar-refractivity contribution < 1.29 is 4.39 Å². The molecule has 3 nitrogen and oxygen atoms in total. The van der Waals surface area contributed by atoms with Crippen LogP contribution in [0, 0.1) is 24.1 Å². The largest absolute Gasteiger partial charge is 0.223 e. The normalized spacial score (nSPS) is 10.0. The van der Waals surface area contributed by atoms with E-state index in [1.165, 1.54) is 12.1 Å². The van der Waals surface area contributed by atoms with Crippen LogP contribution in [0.4, 0.5) is 4.39 Å². The molecule has 2 rings (SSSR count). The van der Waals surface area contributed by atoms with E-state index in [1.807, 2.05) is 6.07 Å². The van der Waals surface area contributed by atoms with Gasteiger partial charge in [-0.2, -0.15) is 5.26 Å². The van der Waals surface area contributed by atoms with E-state index in [0.29, 0.717) is 17.0 Å². The molecule has 17 heavy (non-hydrogen) atoms.